The minimum atomic E-state index is -0.691. The zero-order chi connectivity index (χ0) is 20.5. The average molecular weight is 384 g/mol. The Labute approximate surface area is 164 Å². The molecule has 0 amide bonds. The fraction of sp³-hybridized carbons (Fsp3) is 0. The fourth-order valence-electron chi connectivity index (χ4n) is 3.52. The summed E-state index contributed by atoms with van der Waals surface area (Å²) in [5.41, 5.74) is 1.25. The van der Waals surface area contributed by atoms with Crippen LogP contribution in [0.2, 0.25) is 0 Å². The summed E-state index contributed by atoms with van der Waals surface area (Å²) in [5.74, 6) is 0. The monoisotopic (exact) mass is 384 g/mol. The summed E-state index contributed by atoms with van der Waals surface area (Å²) >= 11 is 0. The zero-order valence-corrected chi connectivity index (χ0v) is 14.8. The maximum atomic E-state index is 11.8. The highest BCUT2D eigenvalue weighted by molar-refractivity contribution is 6.13. The Balaban J connectivity index is 2.17. The molecule has 8 nitrogen and oxygen atoms in total. The van der Waals surface area contributed by atoms with E-state index in [9.17, 15) is 25.5 Å². The van der Waals surface area contributed by atoms with Crippen molar-refractivity contribution in [2.75, 3.05) is 5.32 Å². The molecule has 29 heavy (non-hydrogen) atoms. The number of para-hydroxylation sites is 1. The van der Waals surface area contributed by atoms with Crippen LogP contribution in [-0.4, -0.2) is 9.85 Å². The molecular weight excluding hydrogens is 372 g/mol. The molecule has 1 heterocycles. The van der Waals surface area contributed by atoms with Crippen LogP contribution in [0.5, 0.6) is 0 Å². The molecule has 0 aliphatic carbocycles. The van der Waals surface area contributed by atoms with E-state index >= 15 is 0 Å². The lowest BCUT2D eigenvalue weighted by atomic mass is 9.89. The number of nitriles is 1. The molecule has 3 aromatic rings. The van der Waals surface area contributed by atoms with Gasteiger partial charge in [-0.1, -0.05) is 36.4 Å². The second-order valence-electron chi connectivity index (χ2n) is 6.27. The number of non-ortho nitro benzene ring substituents is 1. The first-order valence-corrected chi connectivity index (χ1v) is 8.54. The van der Waals surface area contributed by atoms with Crippen LogP contribution in [0.4, 0.5) is 17.1 Å². The fourth-order valence-corrected chi connectivity index (χ4v) is 3.52. The van der Waals surface area contributed by atoms with Crippen molar-refractivity contribution in [3.63, 3.8) is 0 Å². The van der Waals surface area contributed by atoms with E-state index in [-0.39, 0.29) is 27.6 Å². The van der Waals surface area contributed by atoms with Crippen LogP contribution >= 0.6 is 0 Å². The summed E-state index contributed by atoms with van der Waals surface area (Å²) < 4.78 is 0. The molecule has 8 heteroatoms. The first kappa shape index (κ1) is 17.9. The number of nitrogens with one attached hydrogen (secondary N) is 1. The lowest BCUT2D eigenvalue weighted by molar-refractivity contribution is -0.393. The molecule has 0 aromatic heterocycles. The van der Waals surface area contributed by atoms with Gasteiger partial charge in [0.05, 0.1) is 32.4 Å². The first-order valence-electron chi connectivity index (χ1n) is 8.54. The minimum Gasteiger partial charge on any atom is -0.361 e. The van der Waals surface area contributed by atoms with Crippen molar-refractivity contribution in [1.29, 1.82) is 5.26 Å². The molecule has 3 aromatic carbocycles. The number of fused-ring (bicyclic) bond motifs is 2. The minimum absolute atomic E-state index is 0.0649. The highest BCUT2D eigenvalue weighted by atomic mass is 16.6. The highest BCUT2D eigenvalue weighted by Crippen LogP contribution is 2.43. The Morgan fingerprint density at radius 1 is 0.931 bits per heavy atom. The van der Waals surface area contributed by atoms with Crippen molar-refractivity contribution in [2.45, 2.75) is 0 Å². The van der Waals surface area contributed by atoms with Gasteiger partial charge >= 0.3 is 0 Å². The maximum Gasteiger partial charge on any atom is 0.285 e. The molecule has 140 valence electrons. The molecular formula is C21H12N4O4. The van der Waals surface area contributed by atoms with E-state index in [1.807, 2.05) is 12.1 Å². The van der Waals surface area contributed by atoms with Crippen molar-refractivity contribution >= 4 is 39.0 Å². The van der Waals surface area contributed by atoms with Gasteiger partial charge in [0.2, 0.25) is 0 Å². The van der Waals surface area contributed by atoms with E-state index in [0.717, 1.165) is 11.8 Å². The molecule has 4 rings (SSSR count). The number of rotatable bonds is 3. The Morgan fingerprint density at radius 2 is 1.59 bits per heavy atom. The van der Waals surface area contributed by atoms with Gasteiger partial charge in [-0.15, -0.1) is 0 Å². The van der Waals surface area contributed by atoms with E-state index in [1.165, 1.54) is 6.07 Å². The van der Waals surface area contributed by atoms with Crippen LogP contribution in [0.15, 0.2) is 66.9 Å². The smallest absolute Gasteiger partial charge is 0.285 e. The van der Waals surface area contributed by atoms with E-state index < -0.39 is 15.5 Å². The number of anilines is 1. The number of nitrogens with zero attached hydrogens (tertiary/aromatic N) is 3. The molecule has 0 spiro atoms. The quantitative estimate of drug-likeness (QED) is 0.384. The van der Waals surface area contributed by atoms with Crippen molar-refractivity contribution < 1.29 is 9.85 Å². The van der Waals surface area contributed by atoms with Crippen LogP contribution in [0.3, 0.4) is 0 Å². The third kappa shape index (κ3) is 2.87. The first-order chi connectivity index (χ1) is 14.0. The molecule has 0 fully saturated rings. The van der Waals surface area contributed by atoms with Gasteiger partial charge < -0.3 is 5.32 Å². The molecule has 0 bridgehead atoms. The van der Waals surface area contributed by atoms with Crippen molar-refractivity contribution in [3.05, 3.63) is 98.2 Å². The molecule has 0 saturated carbocycles. The van der Waals surface area contributed by atoms with Gasteiger partial charge in [-0.05, 0) is 18.2 Å². The van der Waals surface area contributed by atoms with Crippen molar-refractivity contribution in [3.8, 4) is 6.07 Å². The zero-order valence-electron chi connectivity index (χ0n) is 14.8. The van der Waals surface area contributed by atoms with E-state index in [2.05, 4.69) is 11.4 Å². The van der Waals surface area contributed by atoms with Gasteiger partial charge in [0.15, 0.2) is 0 Å². The number of hydrogen-bond acceptors (Lipinski definition) is 6. The molecule has 0 radical (unpaired) electrons. The van der Waals surface area contributed by atoms with Crippen molar-refractivity contribution in [1.82, 2.24) is 0 Å². The van der Waals surface area contributed by atoms with Crippen LogP contribution in [0.1, 0.15) is 11.1 Å². The summed E-state index contributed by atoms with van der Waals surface area (Å²) in [7, 11) is 0. The third-order valence-electron chi connectivity index (χ3n) is 4.73. The Hall–Kier alpha value is -4.51. The topological polar surface area (TPSA) is 122 Å². The second kappa shape index (κ2) is 6.90. The van der Waals surface area contributed by atoms with Gasteiger partial charge in [0.25, 0.3) is 11.4 Å². The largest absolute Gasteiger partial charge is 0.361 e. The van der Waals surface area contributed by atoms with Crippen molar-refractivity contribution in [2.24, 2.45) is 0 Å². The van der Waals surface area contributed by atoms with Crippen LogP contribution in [-0.2, 0) is 0 Å². The summed E-state index contributed by atoms with van der Waals surface area (Å²) in [6, 6.07) is 16.6. The van der Waals surface area contributed by atoms with Gasteiger partial charge in [0.1, 0.15) is 6.07 Å². The molecule has 1 N–H and O–H groups in total. The summed E-state index contributed by atoms with van der Waals surface area (Å²) in [6.45, 7) is 0. The van der Waals surface area contributed by atoms with Gasteiger partial charge in [-0.25, -0.2) is 0 Å². The van der Waals surface area contributed by atoms with Gasteiger partial charge in [-0.3, -0.25) is 20.2 Å². The molecule has 1 aliphatic heterocycles. The lowest BCUT2D eigenvalue weighted by Gasteiger charge is -2.17. The van der Waals surface area contributed by atoms with Crippen LogP contribution < -0.4 is 5.32 Å². The highest BCUT2D eigenvalue weighted by Gasteiger charge is 2.29. The Bertz CT molecular complexity index is 1300. The maximum absolute atomic E-state index is 11.8. The van der Waals surface area contributed by atoms with E-state index in [1.54, 1.807) is 42.6 Å². The molecule has 0 atom stereocenters. The standard InChI is InChI=1S/C21H12N4O4/c22-12-17(13-9-10-23-18-8-4-3-5-14(13)18)21-16-7-2-1-6-15(16)19(24(26)27)11-20(21)25(28)29/h1-11,23H/b17-13+. The van der Waals surface area contributed by atoms with E-state index in [4.69, 9.17) is 0 Å². The number of allylic oxidation sites excluding steroid dienone is 3. The average Bonchev–Trinajstić information content (AvgIpc) is 2.73. The Morgan fingerprint density at radius 3 is 2.28 bits per heavy atom. The summed E-state index contributed by atoms with van der Waals surface area (Å²) in [4.78, 5) is 22.0. The second-order valence-corrected chi connectivity index (χ2v) is 6.27. The number of benzene rings is 3. The number of nitro groups is 2. The van der Waals surface area contributed by atoms with Gasteiger partial charge in [-0.2, -0.15) is 5.26 Å². The SMILES string of the molecule is N#C/C(=C1/C=CNc2ccccc21)c1c([N+](=O)[O-])cc([N+](=O)[O-])c2ccccc12. The predicted octanol–water partition coefficient (Wildman–Crippen LogP) is 5.03. The molecule has 1 aliphatic rings. The normalized spacial score (nSPS) is 13.9. The lowest BCUT2D eigenvalue weighted by Crippen LogP contribution is -2.04. The summed E-state index contributed by atoms with van der Waals surface area (Å²) in [5, 5.41) is 36.9. The van der Waals surface area contributed by atoms with Crippen LogP contribution in [0.25, 0.3) is 21.9 Å². The van der Waals surface area contributed by atoms with E-state index in [0.29, 0.717) is 11.1 Å². The predicted molar refractivity (Wildman–Crippen MR) is 109 cm³/mol. The van der Waals surface area contributed by atoms with Gasteiger partial charge in [0, 0.05) is 28.4 Å². The number of nitro benzene ring substituents is 2. The van der Waals surface area contributed by atoms with Crippen LogP contribution in [0, 0.1) is 31.6 Å². The number of hydrogen-bond donors (Lipinski definition) is 1. The molecule has 0 unspecified atom stereocenters. The Kier molecular flexibility index (Phi) is 4.26. The third-order valence-corrected chi connectivity index (χ3v) is 4.73. The summed E-state index contributed by atoms with van der Waals surface area (Å²) in [6.07, 6.45) is 3.31. The molecule has 0 saturated heterocycles.